The van der Waals surface area contributed by atoms with Crippen LogP contribution in [0.25, 0.3) is 0 Å². The van der Waals surface area contributed by atoms with Crippen molar-refractivity contribution in [3.63, 3.8) is 0 Å². The number of aldehydes is 1. The third kappa shape index (κ3) is 6.22. The van der Waals surface area contributed by atoms with Gasteiger partial charge in [-0.1, -0.05) is 65.7 Å². The Morgan fingerprint density at radius 1 is 0.775 bits per heavy atom. The zero-order valence-electron chi connectivity index (χ0n) is 21.6. The highest BCUT2D eigenvalue weighted by Crippen LogP contribution is 2.33. The van der Waals surface area contributed by atoms with Gasteiger partial charge in [-0.3, -0.25) is 10.1 Å². The molecular formula is C29H26N2O7S2. The highest BCUT2D eigenvalue weighted by atomic mass is 32.3. The maximum absolute atomic E-state index is 13.8. The first-order valence-corrected chi connectivity index (χ1v) is 14.9. The minimum Gasteiger partial charge on any atom is -0.444 e. The van der Waals surface area contributed by atoms with E-state index in [-0.39, 0.29) is 33.3 Å². The van der Waals surface area contributed by atoms with E-state index in [4.69, 9.17) is 4.74 Å². The maximum atomic E-state index is 13.8. The van der Waals surface area contributed by atoms with Crippen molar-refractivity contribution in [3.05, 3.63) is 119 Å². The van der Waals surface area contributed by atoms with Crippen molar-refractivity contribution >= 4 is 43.8 Å². The Labute approximate surface area is 233 Å². The molecule has 4 aromatic carbocycles. The van der Waals surface area contributed by atoms with E-state index in [9.17, 15) is 26.4 Å². The molecule has 4 rings (SSSR count). The van der Waals surface area contributed by atoms with E-state index in [0.717, 1.165) is 22.8 Å². The van der Waals surface area contributed by atoms with Gasteiger partial charge in [-0.2, -0.15) is 3.71 Å². The van der Waals surface area contributed by atoms with Crippen LogP contribution in [-0.4, -0.2) is 29.2 Å². The summed E-state index contributed by atoms with van der Waals surface area (Å²) in [6.45, 7) is 3.52. The van der Waals surface area contributed by atoms with Gasteiger partial charge in [0.25, 0.3) is 20.0 Å². The molecular weight excluding hydrogens is 552 g/mol. The van der Waals surface area contributed by atoms with Crippen LogP contribution in [0.4, 0.5) is 16.2 Å². The molecule has 0 atom stereocenters. The molecule has 40 heavy (non-hydrogen) atoms. The largest absolute Gasteiger partial charge is 0.444 e. The summed E-state index contributed by atoms with van der Waals surface area (Å²) in [7, 11) is -9.34. The molecule has 1 N–H and O–H groups in total. The van der Waals surface area contributed by atoms with Gasteiger partial charge in [0, 0.05) is 5.56 Å². The average Bonchev–Trinajstić information content (AvgIpc) is 2.93. The molecule has 11 heteroatoms. The van der Waals surface area contributed by atoms with E-state index in [1.54, 1.807) is 62.4 Å². The molecule has 0 aliphatic rings. The second-order valence-electron chi connectivity index (χ2n) is 8.91. The van der Waals surface area contributed by atoms with Crippen LogP contribution in [0.5, 0.6) is 0 Å². The third-order valence-corrected chi connectivity index (χ3v) is 10.1. The second-order valence-corrected chi connectivity index (χ2v) is 12.7. The van der Waals surface area contributed by atoms with Gasteiger partial charge < -0.3 is 4.74 Å². The highest BCUT2D eigenvalue weighted by molar-refractivity contribution is 8.10. The Morgan fingerprint density at radius 3 is 1.80 bits per heavy atom. The number of nitrogens with zero attached hydrogens (tertiary/aromatic N) is 1. The summed E-state index contributed by atoms with van der Waals surface area (Å²) in [5, 5.41) is 2.44. The maximum Gasteiger partial charge on any atom is 0.411 e. The molecule has 4 aromatic rings. The zero-order valence-corrected chi connectivity index (χ0v) is 23.3. The molecule has 0 aliphatic heterocycles. The fourth-order valence-electron chi connectivity index (χ4n) is 3.76. The first kappa shape index (κ1) is 28.5. The predicted molar refractivity (Wildman–Crippen MR) is 151 cm³/mol. The summed E-state index contributed by atoms with van der Waals surface area (Å²) in [6.07, 6.45) is -0.470. The third-order valence-electron chi connectivity index (χ3n) is 5.90. The number of ether oxygens (including phenoxy) is 1. The fourth-order valence-corrected chi connectivity index (χ4v) is 7.44. The quantitative estimate of drug-likeness (QED) is 0.262. The number of benzene rings is 4. The molecule has 0 bridgehead atoms. The number of carbonyl (C=O) groups excluding carboxylic acids is 2. The molecule has 0 fully saturated rings. The van der Waals surface area contributed by atoms with Crippen LogP contribution in [0.2, 0.25) is 0 Å². The van der Waals surface area contributed by atoms with Crippen molar-refractivity contribution in [1.29, 1.82) is 0 Å². The minimum absolute atomic E-state index is 0.0113. The van der Waals surface area contributed by atoms with Crippen LogP contribution in [0.15, 0.2) is 107 Å². The van der Waals surface area contributed by atoms with E-state index in [0.29, 0.717) is 10.00 Å². The number of anilines is 2. The Morgan fingerprint density at radius 2 is 1.30 bits per heavy atom. The number of aryl methyl sites for hydroxylation is 2. The lowest BCUT2D eigenvalue weighted by Crippen LogP contribution is -2.37. The van der Waals surface area contributed by atoms with Gasteiger partial charge in [0.05, 0.1) is 21.2 Å². The number of hydrogen-bond donors (Lipinski definition) is 1. The standard InChI is InChI=1S/C29H26N2O7S2/c1-21-8-13-26(14-9-21)39(34,35)31(40(36,37)27-15-10-22(2)11-16-27)25-12-17-28(24(18-25)19-32)30-29(33)38-20-23-6-4-3-5-7-23/h3-19H,20H2,1-2H3,(H,30,33). The van der Waals surface area contributed by atoms with E-state index >= 15 is 0 Å². The number of carbonyl (C=O) groups is 2. The number of sulfonamides is 2. The highest BCUT2D eigenvalue weighted by Gasteiger charge is 2.37. The lowest BCUT2D eigenvalue weighted by Gasteiger charge is -2.25. The van der Waals surface area contributed by atoms with Gasteiger partial charge in [-0.15, -0.1) is 0 Å². The summed E-state index contributed by atoms with van der Waals surface area (Å²) in [4.78, 5) is 23.8. The molecule has 1 amide bonds. The zero-order chi connectivity index (χ0) is 28.9. The average molecular weight is 579 g/mol. The molecule has 0 saturated carbocycles. The monoisotopic (exact) mass is 578 g/mol. The molecule has 0 unspecified atom stereocenters. The summed E-state index contributed by atoms with van der Waals surface area (Å²) in [5.74, 6) is 0. The van der Waals surface area contributed by atoms with Gasteiger partial charge in [-0.25, -0.2) is 21.6 Å². The van der Waals surface area contributed by atoms with E-state index < -0.39 is 26.1 Å². The van der Waals surface area contributed by atoms with Crippen LogP contribution in [0.1, 0.15) is 27.0 Å². The first-order valence-electron chi connectivity index (χ1n) is 12.0. The summed E-state index contributed by atoms with van der Waals surface area (Å²) >= 11 is 0. The van der Waals surface area contributed by atoms with Crippen molar-refractivity contribution in [1.82, 2.24) is 0 Å². The van der Waals surface area contributed by atoms with Gasteiger partial charge in [0.1, 0.15) is 6.61 Å². The number of nitrogens with one attached hydrogen (secondary N) is 1. The van der Waals surface area contributed by atoms with Crippen LogP contribution >= 0.6 is 0 Å². The van der Waals surface area contributed by atoms with Crippen LogP contribution in [0.3, 0.4) is 0 Å². The van der Waals surface area contributed by atoms with Crippen LogP contribution in [0, 0.1) is 13.8 Å². The lowest BCUT2D eigenvalue weighted by atomic mass is 10.2. The Hall–Kier alpha value is -4.48. The van der Waals surface area contributed by atoms with Gasteiger partial charge in [0.2, 0.25) is 0 Å². The van der Waals surface area contributed by atoms with Crippen molar-refractivity contribution in [3.8, 4) is 0 Å². The van der Waals surface area contributed by atoms with Gasteiger partial charge >= 0.3 is 6.09 Å². The second kappa shape index (κ2) is 11.7. The molecule has 206 valence electrons. The molecule has 0 heterocycles. The molecule has 0 aliphatic carbocycles. The number of amides is 1. The number of hydrogen-bond acceptors (Lipinski definition) is 7. The van der Waals surface area contributed by atoms with Gasteiger partial charge in [0.15, 0.2) is 6.29 Å². The van der Waals surface area contributed by atoms with Crippen molar-refractivity contribution in [2.24, 2.45) is 0 Å². The van der Waals surface area contributed by atoms with Crippen molar-refractivity contribution < 1.29 is 31.2 Å². The fraction of sp³-hybridized carbons (Fsp3) is 0.103. The molecule has 9 nitrogen and oxygen atoms in total. The molecule has 0 aromatic heterocycles. The van der Waals surface area contributed by atoms with E-state index in [2.05, 4.69) is 5.32 Å². The minimum atomic E-state index is -4.67. The summed E-state index contributed by atoms with van der Waals surface area (Å²) < 4.78 is 60.6. The first-order chi connectivity index (χ1) is 19.0. The smallest absolute Gasteiger partial charge is 0.411 e. The Kier molecular flexibility index (Phi) is 8.36. The SMILES string of the molecule is Cc1ccc(S(=O)(=O)N(c2ccc(NC(=O)OCc3ccccc3)c(C=O)c2)S(=O)(=O)c2ccc(C)cc2)cc1. The summed E-state index contributed by atoms with van der Waals surface area (Å²) in [6, 6.07) is 23.9. The molecule has 0 spiro atoms. The van der Waals surface area contributed by atoms with Crippen LogP contribution in [-0.2, 0) is 31.4 Å². The van der Waals surface area contributed by atoms with Crippen molar-refractivity contribution in [2.75, 3.05) is 9.03 Å². The number of rotatable bonds is 9. The Bertz CT molecular complexity index is 1660. The lowest BCUT2D eigenvalue weighted by molar-refractivity contribution is 0.112. The van der Waals surface area contributed by atoms with E-state index in [1.165, 1.54) is 36.4 Å². The predicted octanol–water partition coefficient (Wildman–Crippen LogP) is 5.45. The van der Waals surface area contributed by atoms with Gasteiger partial charge in [-0.05, 0) is 61.9 Å². The molecule has 0 radical (unpaired) electrons. The topological polar surface area (TPSA) is 127 Å². The van der Waals surface area contributed by atoms with E-state index in [1.807, 2.05) is 6.07 Å². The van der Waals surface area contributed by atoms with Crippen LogP contribution < -0.4 is 9.03 Å². The molecule has 0 saturated heterocycles. The Balaban J connectivity index is 1.73. The normalized spacial score (nSPS) is 11.4. The van der Waals surface area contributed by atoms with Crippen molar-refractivity contribution in [2.45, 2.75) is 30.2 Å². The summed E-state index contributed by atoms with van der Waals surface area (Å²) in [5.41, 5.74) is 1.86.